The Bertz CT molecular complexity index is 1280. The van der Waals surface area contributed by atoms with Gasteiger partial charge in [-0.3, -0.25) is 14.4 Å². The number of thioether (sulfide) groups is 2. The summed E-state index contributed by atoms with van der Waals surface area (Å²) in [6, 6.07) is 2.18. The SMILES string of the molecule is CC1(C)S[C@@H]2C(NC(=O)C(N)c3ccc(O)cc3)C(=O)N2[C@H]1C(=O)OCOC(=O)[C@@H]1N2C(=O)[C@@H](I)[C@H]2SC1(C)C.Cl. The van der Waals surface area contributed by atoms with Crippen molar-refractivity contribution in [3.8, 4) is 5.75 Å². The van der Waals surface area contributed by atoms with Gasteiger partial charge >= 0.3 is 11.9 Å². The number of alkyl halides is 1. The summed E-state index contributed by atoms with van der Waals surface area (Å²) >= 11 is 4.95. The van der Waals surface area contributed by atoms with Crippen molar-refractivity contribution in [2.45, 2.75) is 76.0 Å². The van der Waals surface area contributed by atoms with Gasteiger partial charge in [-0.1, -0.05) is 34.7 Å². The van der Waals surface area contributed by atoms with Crippen molar-refractivity contribution in [1.29, 1.82) is 0 Å². The van der Waals surface area contributed by atoms with Gasteiger partial charge in [0.25, 0.3) is 0 Å². The van der Waals surface area contributed by atoms with E-state index in [9.17, 15) is 29.1 Å². The zero-order valence-electron chi connectivity index (χ0n) is 22.4. The van der Waals surface area contributed by atoms with Crippen LogP contribution in [0.2, 0.25) is 0 Å². The number of rotatable bonds is 7. The lowest BCUT2D eigenvalue weighted by molar-refractivity contribution is -0.181. The molecule has 224 valence electrons. The number of nitrogens with zero attached hydrogens (tertiary/aromatic N) is 2. The second-order valence-electron chi connectivity index (χ2n) is 11.0. The molecule has 7 atom stereocenters. The predicted molar refractivity (Wildman–Crippen MR) is 161 cm³/mol. The van der Waals surface area contributed by atoms with Crippen LogP contribution in [-0.4, -0.2) is 93.7 Å². The third-order valence-corrected chi connectivity index (χ3v) is 12.3. The third kappa shape index (κ3) is 5.36. The van der Waals surface area contributed by atoms with Crippen molar-refractivity contribution in [1.82, 2.24) is 15.1 Å². The van der Waals surface area contributed by atoms with Crippen molar-refractivity contribution in [2.24, 2.45) is 5.73 Å². The maximum Gasteiger partial charge on any atom is 0.333 e. The maximum atomic E-state index is 13.1. The molecule has 4 heterocycles. The number of phenols is 1. The maximum absolute atomic E-state index is 13.1. The Hall–Kier alpha value is -1.95. The van der Waals surface area contributed by atoms with Crippen LogP contribution in [0, 0.1) is 0 Å². The van der Waals surface area contributed by atoms with Crippen LogP contribution in [-0.2, 0) is 33.4 Å². The number of ether oxygens (including phenoxy) is 2. The van der Waals surface area contributed by atoms with Crippen molar-refractivity contribution in [3.05, 3.63) is 29.8 Å². The Morgan fingerprint density at radius 1 is 0.976 bits per heavy atom. The van der Waals surface area contributed by atoms with Gasteiger partial charge in [0.2, 0.25) is 24.5 Å². The van der Waals surface area contributed by atoms with Crippen LogP contribution in [0.5, 0.6) is 5.75 Å². The molecule has 0 spiro atoms. The summed E-state index contributed by atoms with van der Waals surface area (Å²) in [5.41, 5.74) is 6.51. The molecule has 0 saturated carbocycles. The summed E-state index contributed by atoms with van der Waals surface area (Å²) in [5.74, 6) is -2.50. The third-order valence-electron chi connectivity index (χ3n) is 7.50. The molecule has 12 nitrogen and oxygen atoms in total. The number of benzene rings is 1. The highest BCUT2D eigenvalue weighted by Crippen LogP contribution is 2.53. The molecule has 3 amide bonds. The number of amides is 3. The summed E-state index contributed by atoms with van der Waals surface area (Å²) < 4.78 is 9.04. The normalized spacial score (nSPS) is 31.1. The van der Waals surface area contributed by atoms with Gasteiger partial charge < -0.3 is 35.4 Å². The minimum Gasteiger partial charge on any atom is -0.508 e. The summed E-state index contributed by atoms with van der Waals surface area (Å²) in [6.07, 6.45) is 0. The van der Waals surface area contributed by atoms with Gasteiger partial charge in [0.15, 0.2) is 0 Å². The fourth-order valence-electron chi connectivity index (χ4n) is 5.45. The molecule has 4 N–H and O–H groups in total. The predicted octanol–water partition coefficient (Wildman–Crippen LogP) is 1.27. The summed E-state index contributed by atoms with van der Waals surface area (Å²) in [6.45, 7) is 6.66. The standard InChI is InChI=1S/C25H29IN4O8S2.ClH/c1-24(2)15(29-18(33)12(26)20(29)39-24)22(35)37-9-38-23(36)16-25(3,4)40-21-14(19(34)30(16)21)28-17(32)13(27)10-5-7-11(31)8-6-10;/h5-8,12-16,20-21,31H,9,27H2,1-4H3,(H,28,32);1H/t12-,13?,14?,15+,16+,20-,21-;/m1./s1. The van der Waals surface area contributed by atoms with E-state index in [-0.39, 0.29) is 33.4 Å². The first-order valence-corrected chi connectivity index (χ1v) is 15.5. The summed E-state index contributed by atoms with van der Waals surface area (Å²) in [7, 11) is 0. The van der Waals surface area contributed by atoms with E-state index in [1.54, 1.807) is 13.8 Å². The average Bonchev–Trinajstić information content (AvgIpc) is 3.31. The van der Waals surface area contributed by atoms with E-state index in [2.05, 4.69) is 27.9 Å². The fourth-order valence-corrected chi connectivity index (χ4v) is 9.72. The van der Waals surface area contributed by atoms with Crippen LogP contribution >= 0.6 is 58.5 Å². The molecule has 5 rings (SSSR count). The Morgan fingerprint density at radius 3 is 2.00 bits per heavy atom. The monoisotopic (exact) mass is 740 g/mol. The van der Waals surface area contributed by atoms with E-state index in [0.29, 0.717) is 5.56 Å². The van der Waals surface area contributed by atoms with Crippen molar-refractivity contribution in [3.63, 3.8) is 0 Å². The highest BCUT2D eigenvalue weighted by atomic mass is 127. The zero-order chi connectivity index (χ0) is 29.3. The molecule has 41 heavy (non-hydrogen) atoms. The number of carbonyl (C=O) groups is 5. The largest absolute Gasteiger partial charge is 0.508 e. The van der Waals surface area contributed by atoms with Crippen molar-refractivity contribution >= 4 is 88.2 Å². The molecular formula is C25H30ClIN4O8S2. The molecule has 4 fully saturated rings. The van der Waals surface area contributed by atoms with Crippen LogP contribution in [0.4, 0.5) is 0 Å². The zero-order valence-corrected chi connectivity index (χ0v) is 27.0. The van der Waals surface area contributed by atoms with Gasteiger partial charge in [-0.05, 0) is 45.4 Å². The van der Waals surface area contributed by atoms with Crippen LogP contribution in [0.25, 0.3) is 0 Å². The molecule has 1 aromatic carbocycles. The Morgan fingerprint density at radius 2 is 1.46 bits per heavy atom. The average molecular weight is 741 g/mol. The topological polar surface area (TPSA) is 169 Å². The number of hydrogen-bond acceptors (Lipinski definition) is 11. The molecule has 16 heteroatoms. The first kappa shape index (κ1) is 32.0. The van der Waals surface area contributed by atoms with Crippen LogP contribution in [0.3, 0.4) is 0 Å². The Kier molecular flexibility index (Phi) is 8.80. The number of nitrogens with one attached hydrogen (secondary N) is 1. The number of aromatic hydroxyl groups is 1. The van der Waals surface area contributed by atoms with Crippen molar-refractivity contribution in [2.75, 3.05) is 6.79 Å². The quantitative estimate of drug-likeness (QED) is 0.121. The molecule has 0 bridgehead atoms. The lowest BCUT2D eigenvalue weighted by atomic mass is 9.95. The number of nitrogens with two attached hydrogens (primary N) is 1. The number of hydrogen-bond donors (Lipinski definition) is 3. The Balaban J connectivity index is 0.00000387. The summed E-state index contributed by atoms with van der Waals surface area (Å²) in [5, 5.41) is 11.5. The van der Waals surface area contributed by atoms with E-state index < -0.39 is 69.6 Å². The van der Waals surface area contributed by atoms with Gasteiger partial charge in [0, 0.05) is 9.49 Å². The second kappa shape index (κ2) is 11.3. The Labute approximate surface area is 264 Å². The minimum atomic E-state index is -1.05. The van der Waals surface area contributed by atoms with E-state index in [4.69, 9.17) is 15.2 Å². The molecule has 4 aliphatic heterocycles. The van der Waals surface area contributed by atoms with Crippen LogP contribution in [0.15, 0.2) is 24.3 Å². The molecule has 4 saturated heterocycles. The first-order chi connectivity index (χ1) is 18.7. The smallest absolute Gasteiger partial charge is 0.333 e. The minimum absolute atomic E-state index is 0. The molecular weight excluding hydrogens is 711 g/mol. The highest BCUT2D eigenvalue weighted by Gasteiger charge is 2.65. The van der Waals surface area contributed by atoms with Gasteiger partial charge in [-0.25, -0.2) is 9.59 Å². The lowest BCUT2D eigenvalue weighted by Crippen LogP contribution is -2.71. The number of carbonyl (C=O) groups excluding carboxylic acids is 5. The van der Waals surface area contributed by atoms with Gasteiger partial charge in [-0.15, -0.1) is 35.9 Å². The molecule has 1 aromatic rings. The lowest BCUT2D eigenvalue weighted by Gasteiger charge is -2.44. The van der Waals surface area contributed by atoms with Crippen LogP contribution in [0.1, 0.15) is 39.3 Å². The fraction of sp³-hybridized carbons (Fsp3) is 0.560. The highest BCUT2D eigenvalue weighted by molar-refractivity contribution is 14.1. The molecule has 0 radical (unpaired) electrons. The van der Waals surface area contributed by atoms with E-state index in [1.165, 1.54) is 57.6 Å². The van der Waals surface area contributed by atoms with E-state index in [1.807, 2.05) is 13.8 Å². The number of halogens is 2. The van der Waals surface area contributed by atoms with E-state index >= 15 is 0 Å². The van der Waals surface area contributed by atoms with Crippen molar-refractivity contribution < 1.29 is 38.6 Å². The number of β-lactam (4-membered cyclic amide) rings is 2. The van der Waals surface area contributed by atoms with E-state index in [0.717, 1.165) is 0 Å². The first-order valence-electron chi connectivity index (χ1n) is 12.5. The molecule has 0 aliphatic carbocycles. The summed E-state index contributed by atoms with van der Waals surface area (Å²) in [4.78, 5) is 66.9. The van der Waals surface area contributed by atoms with Gasteiger partial charge in [0.05, 0.1) is 0 Å². The van der Waals surface area contributed by atoms with Crippen LogP contribution < -0.4 is 11.1 Å². The van der Waals surface area contributed by atoms with Gasteiger partial charge in [-0.2, -0.15) is 0 Å². The number of fused-ring (bicyclic) bond motifs is 2. The molecule has 2 unspecified atom stereocenters. The second-order valence-corrected chi connectivity index (χ2v) is 15.9. The molecule has 0 aromatic heterocycles. The van der Waals surface area contributed by atoms with Gasteiger partial charge in [0.1, 0.15) is 44.6 Å². The number of phenolic OH excluding ortho intramolecular Hbond substituents is 1. The molecule has 4 aliphatic rings. The number of esters is 2.